The summed E-state index contributed by atoms with van der Waals surface area (Å²) in [5, 5.41) is 7.54. The summed E-state index contributed by atoms with van der Waals surface area (Å²) in [5.74, 6) is 1.35. The summed E-state index contributed by atoms with van der Waals surface area (Å²) < 4.78 is 11.3. The fraction of sp³-hybridized carbons (Fsp3) is 0.263. The average Bonchev–Trinajstić information content (AvgIpc) is 2.62. The van der Waals surface area contributed by atoms with Gasteiger partial charge in [0.2, 0.25) is 0 Å². The summed E-state index contributed by atoms with van der Waals surface area (Å²) in [7, 11) is 1.62. The van der Waals surface area contributed by atoms with E-state index in [-0.39, 0.29) is 0 Å². The minimum atomic E-state index is 0.489. The Labute approximate surface area is 154 Å². The zero-order valence-electron chi connectivity index (χ0n) is 14.7. The van der Waals surface area contributed by atoms with E-state index in [4.69, 9.17) is 21.7 Å². The van der Waals surface area contributed by atoms with E-state index in [9.17, 15) is 0 Å². The lowest BCUT2D eigenvalue weighted by Crippen LogP contribution is -2.31. The smallest absolute Gasteiger partial charge is 0.186 e. The van der Waals surface area contributed by atoms with Crippen LogP contribution in [0.15, 0.2) is 47.6 Å². The van der Waals surface area contributed by atoms with Crippen LogP contribution in [0, 0.1) is 6.92 Å². The Kier molecular flexibility index (Phi) is 7.22. The van der Waals surface area contributed by atoms with E-state index >= 15 is 0 Å². The molecule has 0 bridgehead atoms. The number of methoxy groups -OCH3 is 1. The van der Waals surface area contributed by atoms with Gasteiger partial charge in [-0.05, 0) is 55.4 Å². The molecule has 0 atom stereocenters. The van der Waals surface area contributed by atoms with Crippen molar-refractivity contribution in [1.82, 2.24) is 10.7 Å². The molecule has 2 aromatic rings. The van der Waals surface area contributed by atoms with Gasteiger partial charge in [-0.1, -0.05) is 29.8 Å². The van der Waals surface area contributed by atoms with Crippen molar-refractivity contribution in [2.75, 3.05) is 13.7 Å². The molecule has 0 aliphatic rings. The number of nitrogens with zero attached hydrogens (tertiary/aromatic N) is 1. The minimum Gasteiger partial charge on any atom is -0.493 e. The Hall–Kier alpha value is -2.60. The van der Waals surface area contributed by atoms with Gasteiger partial charge >= 0.3 is 0 Å². The molecule has 2 N–H and O–H groups in total. The molecule has 6 heteroatoms. The van der Waals surface area contributed by atoms with Gasteiger partial charge in [0.05, 0.1) is 13.3 Å². The highest BCUT2D eigenvalue weighted by atomic mass is 32.1. The third-order valence-electron chi connectivity index (χ3n) is 3.42. The van der Waals surface area contributed by atoms with Gasteiger partial charge in [0.15, 0.2) is 16.6 Å². The molecule has 0 fully saturated rings. The summed E-state index contributed by atoms with van der Waals surface area (Å²) in [5.41, 5.74) is 5.97. The minimum absolute atomic E-state index is 0.489. The molecule has 25 heavy (non-hydrogen) atoms. The molecule has 0 spiro atoms. The van der Waals surface area contributed by atoms with Gasteiger partial charge in [-0.15, -0.1) is 0 Å². The number of thiocarbonyl (C=S) groups is 1. The first-order valence-electron chi connectivity index (χ1n) is 8.05. The van der Waals surface area contributed by atoms with Crippen LogP contribution in [0.25, 0.3) is 0 Å². The van der Waals surface area contributed by atoms with Crippen LogP contribution in [0.3, 0.4) is 0 Å². The largest absolute Gasteiger partial charge is 0.493 e. The predicted molar refractivity (Wildman–Crippen MR) is 106 cm³/mol. The molecule has 2 rings (SSSR count). The van der Waals surface area contributed by atoms with E-state index in [1.165, 1.54) is 5.56 Å². The topological polar surface area (TPSA) is 54.9 Å². The summed E-state index contributed by atoms with van der Waals surface area (Å²) in [6.45, 7) is 5.27. The molecule has 2 aromatic carbocycles. The Morgan fingerprint density at radius 3 is 2.60 bits per heavy atom. The van der Waals surface area contributed by atoms with Crippen LogP contribution >= 0.6 is 12.2 Å². The van der Waals surface area contributed by atoms with Gasteiger partial charge < -0.3 is 14.8 Å². The number of hydrogen-bond donors (Lipinski definition) is 2. The normalized spacial score (nSPS) is 10.5. The fourth-order valence-corrected chi connectivity index (χ4v) is 2.29. The Bertz CT molecular complexity index is 730. The molecule has 5 nitrogen and oxygen atoms in total. The standard InChI is InChI=1S/C19H23N3O2S/c1-4-20-19(25)22-21-12-16-9-10-17(18(11-16)23-3)24-13-15-7-5-14(2)6-8-15/h5-12H,4,13H2,1-3H3,(H2,20,22,25)/b21-12+. The average molecular weight is 357 g/mol. The van der Waals surface area contributed by atoms with Gasteiger partial charge in [-0.3, -0.25) is 5.43 Å². The number of ether oxygens (including phenoxy) is 2. The fourth-order valence-electron chi connectivity index (χ4n) is 2.09. The highest BCUT2D eigenvalue weighted by Crippen LogP contribution is 2.28. The number of aryl methyl sites for hydroxylation is 1. The lowest BCUT2D eigenvalue weighted by atomic mass is 10.2. The molecular weight excluding hydrogens is 334 g/mol. The van der Waals surface area contributed by atoms with Gasteiger partial charge in [-0.25, -0.2) is 0 Å². The quantitative estimate of drug-likeness (QED) is 0.452. The van der Waals surface area contributed by atoms with E-state index in [0.29, 0.717) is 23.2 Å². The maximum Gasteiger partial charge on any atom is 0.186 e. The Balaban J connectivity index is 1.99. The summed E-state index contributed by atoms with van der Waals surface area (Å²) >= 11 is 5.05. The second-order valence-electron chi connectivity index (χ2n) is 5.41. The van der Waals surface area contributed by atoms with Crippen molar-refractivity contribution in [1.29, 1.82) is 0 Å². The molecule has 132 valence electrons. The molecule has 0 saturated carbocycles. The van der Waals surface area contributed by atoms with E-state index in [0.717, 1.165) is 17.7 Å². The second-order valence-corrected chi connectivity index (χ2v) is 5.82. The second kappa shape index (κ2) is 9.64. The highest BCUT2D eigenvalue weighted by molar-refractivity contribution is 7.80. The molecular formula is C19H23N3O2S. The van der Waals surface area contributed by atoms with E-state index in [2.05, 4.69) is 47.0 Å². The van der Waals surface area contributed by atoms with Gasteiger partial charge in [-0.2, -0.15) is 5.10 Å². The zero-order chi connectivity index (χ0) is 18.1. The van der Waals surface area contributed by atoms with Gasteiger partial charge in [0.1, 0.15) is 6.61 Å². The molecule has 0 aliphatic heterocycles. The van der Waals surface area contributed by atoms with Gasteiger partial charge in [0, 0.05) is 6.54 Å². The molecule has 0 aromatic heterocycles. The molecule has 0 amide bonds. The van der Waals surface area contributed by atoms with Gasteiger partial charge in [0.25, 0.3) is 0 Å². The lowest BCUT2D eigenvalue weighted by molar-refractivity contribution is 0.284. The maximum atomic E-state index is 5.87. The molecule has 0 unspecified atom stereocenters. The third kappa shape index (κ3) is 6.08. The van der Waals surface area contributed by atoms with Crippen LogP contribution in [-0.4, -0.2) is 25.0 Å². The summed E-state index contributed by atoms with van der Waals surface area (Å²) in [6, 6.07) is 13.9. The summed E-state index contributed by atoms with van der Waals surface area (Å²) in [6.07, 6.45) is 1.68. The number of hydrogen-bond acceptors (Lipinski definition) is 4. The van der Waals surface area contributed by atoms with Crippen molar-refractivity contribution in [3.8, 4) is 11.5 Å². The first-order chi connectivity index (χ1) is 12.1. The van der Waals surface area contributed by atoms with Crippen molar-refractivity contribution >= 4 is 23.5 Å². The lowest BCUT2D eigenvalue weighted by Gasteiger charge is -2.11. The Morgan fingerprint density at radius 1 is 1.16 bits per heavy atom. The predicted octanol–water partition coefficient (Wildman–Crippen LogP) is 3.40. The maximum absolute atomic E-state index is 5.87. The number of benzene rings is 2. The van der Waals surface area contributed by atoms with Crippen LogP contribution in [0.1, 0.15) is 23.6 Å². The molecule has 0 saturated heterocycles. The number of rotatable bonds is 7. The van der Waals surface area contributed by atoms with Crippen molar-refractivity contribution in [2.45, 2.75) is 20.5 Å². The highest BCUT2D eigenvalue weighted by Gasteiger charge is 2.05. The third-order valence-corrected chi connectivity index (χ3v) is 3.66. The van der Waals surface area contributed by atoms with E-state index in [1.54, 1.807) is 13.3 Å². The molecule has 0 aliphatic carbocycles. The van der Waals surface area contributed by atoms with Crippen LogP contribution in [0.2, 0.25) is 0 Å². The van der Waals surface area contributed by atoms with Crippen molar-refractivity contribution in [3.05, 3.63) is 59.2 Å². The number of nitrogens with one attached hydrogen (secondary N) is 2. The Morgan fingerprint density at radius 2 is 1.92 bits per heavy atom. The van der Waals surface area contributed by atoms with E-state index in [1.807, 2.05) is 25.1 Å². The van der Waals surface area contributed by atoms with Crippen LogP contribution < -0.4 is 20.2 Å². The number of hydrazone groups is 1. The van der Waals surface area contributed by atoms with Crippen molar-refractivity contribution < 1.29 is 9.47 Å². The monoisotopic (exact) mass is 357 g/mol. The first-order valence-corrected chi connectivity index (χ1v) is 8.46. The van der Waals surface area contributed by atoms with Crippen LogP contribution in [0.4, 0.5) is 0 Å². The summed E-state index contributed by atoms with van der Waals surface area (Å²) in [4.78, 5) is 0. The molecule has 0 radical (unpaired) electrons. The molecule has 0 heterocycles. The zero-order valence-corrected chi connectivity index (χ0v) is 15.5. The SMILES string of the molecule is CCNC(=S)N/N=C/c1ccc(OCc2ccc(C)cc2)c(OC)c1. The first kappa shape index (κ1) is 18.7. The van der Waals surface area contributed by atoms with Crippen LogP contribution in [0.5, 0.6) is 11.5 Å². The van der Waals surface area contributed by atoms with Crippen molar-refractivity contribution in [2.24, 2.45) is 5.10 Å². The van der Waals surface area contributed by atoms with Crippen LogP contribution in [-0.2, 0) is 6.61 Å². The van der Waals surface area contributed by atoms with E-state index < -0.39 is 0 Å². The van der Waals surface area contributed by atoms with Crippen molar-refractivity contribution in [3.63, 3.8) is 0 Å².